The third kappa shape index (κ3) is 3.40. The molecule has 2 aliphatic rings. The van der Waals surface area contributed by atoms with E-state index in [1.54, 1.807) is 0 Å². The smallest absolute Gasteiger partial charge is 0.209 e. The highest BCUT2D eigenvalue weighted by molar-refractivity contribution is 5.93. The minimum absolute atomic E-state index is 0.179. The summed E-state index contributed by atoms with van der Waals surface area (Å²) in [5.74, 6) is 0.631. The molecule has 17 heavy (non-hydrogen) atoms. The van der Waals surface area contributed by atoms with Crippen molar-refractivity contribution in [3.63, 3.8) is 0 Å². The quantitative estimate of drug-likeness (QED) is 0.684. The lowest BCUT2D eigenvalue weighted by Gasteiger charge is -2.25. The SMILES string of the molecule is O=[C]C(C(=O)CC1CCCC1)C1CCCCC1. The van der Waals surface area contributed by atoms with Gasteiger partial charge in [-0.25, -0.2) is 0 Å². The maximum Gasteiger partial charge on any atom is 0.209 e. The molecule has 0 bridgehead atoms. The predicted molar refractivity (Wildman–Crippen MR) is 67.3 cm³/mol. The van der Waals surface area contributed by atoms with Gasteiger partial charge >= 0.3 is 0 Å². The van der Waals surface area contributed by atoms with Crippen LogP contribution in [0.1, 0.15) is 64.2 Å². The zero-order valence-electron chi connectivity index (χ0n) is 10.6. The van der Waals surface area contributed by atoms with Crippen molar-refractivity contribution in [2.45, 2.75) is 64.2 Å². The summed E-state index contributed by atoms with van der Waals surface area (Å²) in [6.07, 6.45) is 13.3. The van der Waals surface area contributed by atoms with E-state index in [1.807, 2.05) is 6.29 Å². The van der Waals surface area contributed by atoms with Crippen LogP contribution in [0.5, 0.6) is 0 Å². The molecule has 2 rings (SSSR count). The second-order valence-electron chi connectivity index (χ2n) is 5.81. The molecule has 0 aliphatic heterocycles. The van der Waals surface area contributed by atoms with E-state index in [-0.39, 0.29) is 5.78 Å². The fourth-order valence-corrected chi connectivity index (χ4v) is 3.52. The topological polar surface area (TPSA) is 34.1 Å². The standard InChI is InChI=1S/C15H23O2/c16-11-14(13-8-2-1-3-9-13)15(17)10-12-6-4-5-7-12/h12-14H,1-10H2. The monoisotopic (exact) mass is 235 g/mol. The molecule has 0 N–H and O–H groups in total. The van der Waals surface area contributed by atoms with E-state index >= 15 is 0 Å². The first-order valence-corrected chi connectivity index (χ1v) is 7.21. The summed E-state index contributed by atoms with van der Waals surface area (Å²) in [5, 5.41) is 0. The number of Topliss-reactive ketones (excluding diaryl/α,β-unsaturated/α-hetero) is 1. The van der Waals surface area contributed by atoms with Crippen molar-refractivity contribution in [1.82, 2.24) is 0 Å². The summed E-state index contributed by atoms with van der Waals surface area (Å²) in [5.41, 5.74) is 0. The first-order valence-electron chi connectivity index (χ1n) is 7.21. The van der Waals surface area contributed by atoms with E-state index in [0.29, 0.717) is 18.3 Å². The van der Waals surface area contributed by atoms with E-state index in [9.17, 15) is 9.59 Å². The Morgan fingerprint density at radius 2 is 1.59 bits per heavy atom. The molecule has 0 heterocycles. The summed E-state index contributed by atoms with van der Waals surface area (Å²) in [7, 11) is 0. The first kappa shape index (κ1) is 12.8. The zero-order valence-corrected chi connectivity index (χ0v) is 10.6. The van der Waals surface area contributed by atoms with Crippen LogP contribution in [-0.4, -0.2) is 12.1 Å². The van der Waals surface area contributed by atoms with Crippen LogP contribution in [-0.2, 0) is 9.59 Å². The van der Waals surface area contributed by atoms with Crippen LogP contribution in [0.25, 0.3) is 0 Å². The summed E-state index contributed by atoms with van der Waals surface area (Å²) in [4.78, 5) is 23.2. The van der Waals surface area contributed by atoms with Gasteiger partial charge in [0.25, 0.3) is 0 Å². The predicted octanol–water partition coefficient (Wildman–Crippen LogP) is 3.44. The van der Waals surface area contributed by atoms with Crippen molar-refractivity contribution in [1.29, 1.82) is 0 Å². The summed E-state index contributed by atoms with van der Waals surface area (Å²) in [6.45, 7) is 0. The van der Waals surface area contributed by atoms with E-state index in [1.165, 1.54) is 44.9 Å². The Morgan fingerprint density at radius 1 is 1.00 bits per heavy atom. The molecule has 1 atom stereocenters. The number of hydrogen-bond donors (Lipinski definition) is 0. The van der Waals surface area contributed by atoms with Gasteiger partial charge in [-0.1, -0.05) is 44.9 Å². The second kappa shape index (κ2) is 6.32. The van der Waals surface area contributed by atoms with Gasteiger partial charge in [0, 0.05) is 6.42 Å². The summed E-state index contributed by atoms with van der Waals surface area (Å²) in [6, 6.07) is 0. The molecule has 0 spiro atoms. The lowest BCUT2D eigenvalue weighted by atomic mass is 9.77. The van der Waals surface area contributed by atoms with Crippen molar-refractivity contribution in [3.05, 3.63) is 0 Å². The molecule has 2 heteroatoms. The van der Waals surface area contributed by atoms with Crippen LogP contribution in [0.15, 0.2) is 0 Å². The van der Waals surface area contributed by atoms with Gasteiger partial charge in [-0.3, -0.25) is 9.59 Å². The van der Waals surface area contributed by atoms with Crippen molar-refractivity contribution in [3.8, 4) is 0 Å². The molecule has 0 amide bonds. The van der Waals surface area contributed by atoms with E-state index in [4.69, 9.17) is 0 Å². The third-order valence-electron chi connectivity index (χ3n) is 4.56. The highest BCUT2D eigenvalue weighted by atomic mass is 16.1. The van der Waals surface area contributed by atoms with Crippen molar-refractivity contribution < 1.29 is 9.59 Å². The Bertz CT molecular complexity index is 260. The van der Waals surface area contributed by atoms with Crippen LogP contribution in [0, 0.1) is 17.8 Å². The van der Waals surface area contributed by atoms with Gasteiger partial charge in [-0.05, 0) is 24.7 Å². The molecule has 2 saturated carbocycles. The Hall–Kier alpha value is -0.660. The lowest BCUT2D eigenvalue weighted by molar-refractivity contribution is -0.123. The minimum Gasteiger partial charge on any atom is -0.299 e. The van der Waals surface area contributed by atoms with Crippen LogP contribution >= 0.6 is 0 Å². The van der Waals surface area contributed by atoms with Crippen LogP contribution in [0.3, 0.4) is 0 Å². The zero-order chi connectivity index (χ0) is 12.1. The Balaban J connectivity index is 1.87. The maximum atomic E-state index is 12.2. The second-order valence-corrected chi connectivity index (χ2v) is 5.81. The molecule has 1 unspecified atom stereocenters. The van der Waals surface area contributed by atoms with Crippen molar-refractivity contribution in [2.75, 3.05) is 0 Å². The van der Waals surface area contributed by atoms with Crippen LogP contribution < -0.4 is 0 Å². The molecule has 0 saturated heterocycles. The van der Waals surface area contributed by atoms with Gasteiger partial charge in [-0.2, -0.15) is 0 Å². The molecular formula is C15H23O2. The van der Waals surface area contributed by atoms with Gasteiger partial charge in [0.05, 0.1) is 5.92 Å². The van der Waals surface area contributed by atoms with Gasteiger partial charge < -0.3 is 0 Å². The number of ketones is 1. The fourth-order valence-electron chi connectivity index (χ4n) is 3.52. The normalized spacial score (nSPS) is 24.7. The average molecular weight is 235 g/mol. The largest absolute Gasteiger partial charge is 0.299 e. The highest BCUT2D eigenvalue weighted by Crippen LogP contribution is 2.33. The Labute approximate surface area is 104 Å². The molecule has 0 aromatic heterocycles. The molecule has 0 aromatic rings. The number of carbonyl (C=O) groups is 1. The number of rotatable bonds is 5. The molecule has 0 aromatic carbocycles. The minimum atomic E-state index is -0.407. The number of carbonyl (C=O) groups excluding carboxylic acids is 2. The van der Waals surface area contributed by atoms with Gasteiger partial charge in [-0.15, -0.1) is 0 Å². The Kier molecular flexibility index (Phi) is 4.75. The third-order valence-corrected chi connectivity index (χ3v) is 4.56. The molecular weight excluding hydrogens is 212 g/mol. The van der Waals surface area contributed by atoms with Gasteiger partial charge in [0.2, 0.25) is 6.29 Å². The van der Waals surface area contributed by atoms with Crippen molar-refractivity contribution in [2.24, 2.45) is 17.8 Å². The van der Waals surface area contributed by atoms with E-state index in [0.717, 1.165) is 12.8 Å². The average Bonchev–Trinajstić information content (AvgIpc) is 2.84. The van der Waals surface area contributed by atoms with Crippen LogP contribution in [0.2, 0.25) is 0 Å². The molecule has 1 radical (unpaired) electrons. The summed E-state index contributed by atoms with van der Waals surface area (Å²) < 4.78 is 0. The maximum absolute atomic E-state index is 12.2. The molecule has 2 nitrogen and oxygen atoms in total. The molecule has 2 aliphatic carbocycles. The van der Waals surface area contributed by atoms with Crippen LogP contribution in [0.4, 0.5) is 0 Å². The Morgan fingerprint density at radius 3 is 2.18 bits per heavy atom. The molecule has 2 fully saturated rings. The van der Waals surface area contributed by atoms with E-state index < -0.39 is 5.92 Å². The van der Waals surface area contributed by atoms with Crippen molar-refractivity contribution >= 4 is 12.1 Å². The van der Waals surface area contributed by atoms with E-state index in [2.05, 4.69) is 0 Å². The summed E-state index contributed by atoms with van der Waals surface area (Å²) >= 11 is 0. The first-order chi connectivity index (χ1) is 8.31. The van der Waals surface area contributed by atoms with Gasteiger partial charge in [0.15, 0.2) is 0 Å². The highest BCUT2D eigenvalue weighted by Gasteiger charge is 2.31. The fraction of sp³-hybridized carbons (Fsp3) is 0.867. The molecule has 95 valence electrons. The van der Waals surface area contributed by atoms with Gasteiger partial charge in [0.1, 0.15) is 5.78 Å². The lowest BCUT2D eigenvalue weighted by Crippen LogP contribution is -2.28. The number of hydrogen-bond acceptors (Lipinski definition) is 2.